The fourth-order valence-corrected chi connectivity index (χ4v) is 1.74. The number of H-pyrrole nitrogens is 1. The molecule has 0 aliphatic heterocycles. The van der Waals surface area contributed by atoms with Crippen LogP contribution in [0.4, 0.5) is 11.6 Å². The Morgan fingerprint density at radius 3 is 2.50 bits per heavy atom. The molecule has 2 rings (SSSR count). The molecule has 108 valence electrons. The number of anilines is 2. The number of nitrogens with one attached hydrogen (secondary N) is 2. The molecule has 0 amide bonds. The summed E-state index contributed by atoms with van der Waals surface area (Å²) in [5.74, 6) is 0.0458. The van der Waals surface area contributed by atoms with Gasteiger partial charge in [-0.15, -0.1) is 0 Å². The summed E-state index contributed by atoms with van der Waals surface area (Å²) in [5, 5.41) is 30.7. The van der Waals surface area contributed by atoms with Crippen molar-refractivity contribution in [3.05, 3.63) is 28.6 Å². The molecule has 0 spiro atoms. The van der Waals surface area contributed by atoms with E-state index in [9.17, 15) is 20.1 Å². The summed E-state index contributed by atoms with van der Waals surface area (Å²) in [6, 6.07) is 4.70. The molecule has 1 aromatic carbocycles. The van der Waals surface area contributed by atoms with Crippen LogP contribution in [-0.2, 0) is 0 Å². The first-order valence-electron chi connectivity index (χ1n) is 5.94. The lowest BCUT2D eigenvalue weighted by molar-refractivity contribution is 0.0828. The monoisotopic (exact) mass is 280 g/mol. The first-order valence-corrected chi connectivity index (χ1v) is 5.94. The van der Waals surface area contributed by atoms with Crippen LogP contribution in [0.1, 0.15) is 0 Å². The van der Waals surface area contributed by atoms with Gasteiger partial charge in [-0.3, -0.25) is 9.78 Å². The Morgan fingerprint density at radius 1 is 1.25 bits per heavy atom. The molecule has 20 heavy (non-hydrogen) atoms. The first kappa shape index (κ1) is 14.3. The maximum Gasteiger partial charge on any atom is 0.260 e. The van der Waals surface area contributed by atoms with Crippen LogP contribution >= 0.6 is 0 Å². The first-order chi connectivity index (χ1) is 9.53. The number of hydrogen-bond acceptors (Lipinski definition) is 7. The molecule has 8 heteroatoms. The van der Waals surface area contributed by atoms with Gasteiger partial charge in [0.2, 0.25) is 5.95 Å². The number of aliphatic hydroxyl groups is 3. The molecule has 1 aromatic heterocycles. The minimum atomic E-state index is -1.36. The predicted molar refractivity (Wildman–Crippen MR) is 74.4 cm³/mol. The minimum absolute atomic E-state index is 0.0458. The van der Waals surface area contributed by atoms with Crippen LogP contribution in [0.25, 0.3) is 10.9 Å². The second-order valence-corrected chi connectivity index (χ2v) is 4.57. The Hall–Kier alpha value is -2.16. The standard InChI is InChI=1S/C12H16N4O4/c13-7-1-2-9-8(3-7)10(20)15-11(14-9)16-12(4-17,5-18)6-19/h1-3,17-19H,4-6,13H2,(H2,14,15,16,20). The van der Waals surface area contributed by atoms with E-state index in [-0.39, 0.29) is 5.95 Å². The van der Waals surface area contributed by atoms with E-state index < -0.39 is 30.9 Å². The Kier molecular flexibility index (Phi) is 3.89. The molecule has 0 saturated heterocycles. The zero-order valence-electron chi connectivity index (χ0n) is 10.6. The van der Waals surface area contributed by atoms with E-state index in [1.54, 1.807) is 12.1 Å². The van der Waals surface area contributed by atoms with Crippen LogP contribution in [0.2, 0.25) is 0 Å². The van der Waals surface area contributed by atoms with Gasteiger partial charge in [-0.05, 0) is 18.2 Å². The third-order valence-corrected chi connectivity index (χ3v) is 3.02. The third kappa shape index (κ3) is 2.57. The number of fused-ring (bicyclic) bond motifs is 1. The fourth-order valence-electron chi connectivity index (χ4n) is 1.74. The SMILES string of the molecule is Nc1ccc2nc(NC(CO)(CO)CO)[nH]c(=O)c2c1. The average Bonchev–Trinajstić information content (AvgIpc) is 2.46. The normalized spacial score (nSPS) is 11.8. The van der Waals surface area contributed by atoms with Gasteiger partial charge in [0.1, 0.15) is 5.54 Å². The smallest absolute Gasteiger partial charge is 0.260 e. The minimum Gasteiger partial charge on any atom is -0.399 e. The molecule has 1 heterocycles. The highest BCUT2D eigenvalue weighted by Crippen LogP contribution is 2.15. The van der Waals surface area contributed by atoms with Crippen molar-refractivity contribution in [2.75, 3.05) is 30.9 Å². The van der Waals surface area contributed by atoms with Crippen molar-refractivity contribution in [3.8, 4) is 0 Å². The van der Waals surface area contributed by atoms with Gasteiger partial charge < -0.3 is 26.4 Å². The molecule has 0 atom stereocenters. The second kappa shape index (κ2) is 5.45. The molecule has 8 nitrogen and oxygen atoms in total. The van der Waals surface area contributed by atoms with E-state index >= 15 is 0 Å². The van der Waals surface area contributed by atoms with Crippen molar-refractivity contribution in [3.63, 3.8) is 0 Å². The Bertz CT molecular complexity index is 658. The van der Waals surface area contributed by atoms with Gasteiger partial charge in [0.15, 0.2) is 0 Å². The number of rotatable bonds is 5. The molecule has 2 aromatic rings. The molecule has 0 unspecified atom stereocenters. The molecular weight excluding hydrogens is 264 g/mol. The molecule has 0 radical (unpaired) electrons. The second-order valence-electron chi connectivity index (χ2n) is 4.57. The molecule has 0 aliphatic rings. The summed E-state index contributed by atoms with van der Waals surface area (Å²) in [5.41, 5.74) is 4.68. The quantitative estimate of drug-likeness (QED) is 0.371. The van der Waals surface area contributed by atoms with Gasteiger partial charge in [-0.25, -0.2) is 4.98 Å². The number of nitrogen functional groups attached to an aromatic ring is 1. The maximum absolute atomic E-state index is 11.9. The lowest BCUT2D eigenvalue weighted by Gasteiger charge is -2.28. The zero-order chi connectivity index (χ0) is 14.8. The highest BCUT2D eigenvalue weighted by atomic mass is 16.3. The summed E-state index contributed by atoms with van der Waals surface area (Å²) >= 11 is 0. The summed E-state index contributed by atoms with van der Waals surface area (Å²) in [4.78, 5) is 18.5. The number of nitrogens with two attached hydrogens (primary N) is 1. The van der Waals surface area contributed by atoms with E-state index in [1.165, 1.54) is 6.07 Å². The Labute approximate surface area is 113 Å². The highest BCUT2D eigenvalue weighted by Gasteiger charge is 2.28. The number of hydrogen-bond donors (Lipinski definition) is 6. The Balaban J connectivity index is 2.46. The van der Waals surface area contributed by atoms with E-state index in [1.807, 2.05) is 0 Å². The van der Waals surface area contributed by atoms with Crippen LogP contribution in [0.15, 0.2) is 23.0 Å². The van der Waals surface area contributed by atoms with Crippen molar-refractivity contribution in [2.45, 2.75) is 5.54 Å². The van der Waals surface area contributed by atoms with Crippen molar-refractivity contribution in [1.29, 1.82) is 0 Å². The van der Waals surface area contributed by atoms with Crippen molar-refractivity contribution < 1.29 is 15.3 Å². The topological polar surface area (TPSA) is 144 Å². The van der Waals surface area contributed by atoms with Crippen LogP contribution < -0.4 is 16.6 Å². The van der Waals surface area contributed by atoms with E-state index in [2.05, 4.69) is 15.3 Å². The van der Waals surface area contributed by atoms with Gasteiger partial charge in [-0.1, -0.05) is 0 Å². The maximum atomic E-state index is 11.9. The van der Waals surface area contributed by atoms with Crippen molar-refractivity contribution in [2.24, 2.45) is 0 Å². The van der Waals surface area contributed by atoms with Crippen LogP contribution in [0.3, 0.4) is 0 Å². The van der Waals surface area contributed by atoms with E-state index in [4.69, 9.17) is 5.73 Å². The number of nitrogens with zero attached hydrogens (tertiary/aromatic N) is 1. The summed E-state index contributed by atoms with van der Waals surface area (Å²) in [6.07, 6.45) is 0. The van der Waals surface area contributed by atoms with Crippen LogP contribution in [0, 0.1) is 0 Å². The average molecular weight is 280 g/mol. The highest BCUT2D eigenvalue weighted by molar-refractivity contribution is 5.81. The van der Waals surface area contributed by atoms with Crippen molar-refractivity contribution >= 4 is 22.5 Å². The number of aromatic nitrogens is 2. The molecule has 0 fully saturated rings. The number of aliphatic hydroxyl groups excluding tert-OH is 3. The van der Waals surface area contributed by atoms with Crippen molar-refractivity contribution in [1.82, 2.24) is 9.97 Å². The lowest BCUT2D eigenvalue weighted by Crippen LogP contribution is -2.49. The Morgan fingerprint density at radius 2 is 1.90 bits per heavy atom. The molecule has 7 N–H and O–H groups in total. The summed E-state index contributed by atoms with van der Waals surface area (Å²) < 4.78 is 0. The van der Waals surface area contributed by atoms with Gasteiger partial charge in [0.05, 0.1) is 30.7 Å². The van der Waals surface area contributed by atoms with Gasteiger partial charge in [0.25, 0.3) is 5.56 Å². The molecule has 0 saturated carbocycles. The fraction of sp³-hybridized carbons (Fsp3) is 0.333. The van der Waals surface area contributed by atoms with Crippen LogP contribution in [0.5, 0.6) is 0 Å². The summed E-state index contributed by atoms with van der Waals surface area (Å²) in [6.45, 7) is -1.57. The van der Waals surface area contributed by atoms with Gasteiger partial charge >= 0.3 is 0 Å². The van der Waals surface area contributed by atoms with Gasteiger partial charge in [0, 0.05) is 5.69 Å². The molecule has 0 bridgehead atoms. The molecule has 0 aliphatic carbocycles. The van der Waals surface area contributed by atoms with E-state index in [0.717, 1.165) is 0 Å². The van der Waals surface area contributed by atoms with Crippen LogP contribution in [-0.4, -0.2) is 50.6 Å². The molecular formula is C12H16N4O4. The zero-order valence-corrected chi connectivity index (χ0v) is 10.6. The predicted octanol–water partition coefficient (Wildman–Crippen LogP) is -1.37. The van der Waals surface area contributed by atoms with Gasteiger partial charge in [-0.2, -0.15) is 0 Å². The largest absolute Gasteiger partial charge is 0.399 e. The number of benzene rings is 1. The van der Waals surface area contributed by atoms with E-state index in [0.29, 0.717) is 16.6 Å². The number of aromatic amines is 1. The summed E-state index contributed by atoms with van der Waals surface area (Å²) in [7, 11) is 0. The lowest BCUT2D eigenvalue weighted by atomic mass is 10.0. The third-order valence-electron chi connectivity index (χ3n) is 3.02.